The van der Waals surface area contributed by atoms with Gasteiger partial charge in [0.1, 0.15) is 0 Å². The van der Waals surface area contributed by atoms with Crippen molar-refractivity contribution in [3.8, 4) is 0 Å². The van der Waals surface area contributed by atoms with Crippen molar-refractivity contribution >= 4 is 0 Å². The first-order valence-electron chi connectivity index (χ1n) is 4.77. The SMILES string of the molecule is CC.CCCNCCCNC. The zero-order chi connectivity index (χ0) is 8.95. The number of nitrogens with one attached hydrogen (secondary N) is 2. The summed E-state index contributed by atoms with van der Waals surface area (Å²) in [7, 11) is 1.99. The summed E-state index contributed by atoms with van der Waals surface area (Å²) >= 11 is 0. The van der Waals surface area contributed by atoms with Crippen LogP contribution in [0.2, 0.25) is 0 Å². The third-order valence-corrected chi connectivity index (χ3v) is 1.21. The number of hydrogen-bond donors (Lipinski definition) is 2. The lowest BCUT2D eigenvalue weighted by molar-refractivity contribution is 0.619. The Morgan fingerprint density at radius 3 is 2.09 bits per heavy atom. The molecule has 0 bridgehead atoms. The van der Waals surface area contributed by atoms with Gasteiger partial charge in [-0.15, -0.1) is 0 Å². The summed E-state index contributed by atoms with van der Waals surface area (Å²) in [6.07, 6.45) is 2.47. The molecule has 0 amide bonds. The normalized spacial score (nSPS) is 8.73. The first-order chi connectivity index (χ1) is 5.41. The highest BCUT2D eigenvalue weighted by molar-refractivity contribution is 4.47. The molecule has 0 aliphatic heterocycles. The van der Waals surface area contributed by atoms with Gasteiger partial charge in [-0.3, -0.25) is 0 Å². The van der Waals surface area contributed by atoms with Crippen LogP contribution in [0.5, 0.6) is 0 Å². The fourth-order valence-corrected chi connectivity index (χ4v) is 0.692. The minimum Gasteiger partial charge on any atom is -0.320 e. The summed E-state index contributed by atoms with van der Waals surface area (Å²) in [6.45, 7) is 9.61. The van der Waals surface area contributed by atoms with Crippen LogP contribution in [0.1, 0.15) is 33.6 Å². The third kappa shape index (κ3) is 17.8. The van der Waals surface area contributed by atoms with Gasteiger partial charge in [-0.25, -0.2) is 0 Å². The number of rotatable bonds is 6. The molecule has 2 heteroatoms. The third-order valence-electron chi connectivity index (χ3n) is 1.21. The Balaban J connectivity index is 0. The highest BCUT2D eigenvalue weighted by Gasteiger charge is 1.82. The van der Waals surface area contributed by atoms with Gasteiger partial charge in [0.25, 0.3) is 0 Å². The molecule has 0 saturated carbocycles. The Morgan fingerprint density at radius 1 is 1.00 bits per heavy atom. The minimum absolute atomic E-state index is 1.12. The molecule has 0 atom stereocenters. The molecule has 0 aromatic carbocycles. The van der Waals surface area contributed by atoms with Crippen LogP contribution in [0, 0.1) is 0 Å². The second kappa shape index (κ2) is 16.5. The topological polar surface area (TPSA) is 24.1 Å². The second-order valence-electron chi connectivity index (χ2n) is 2.21. The van der Waals surface area contributed by atoms with E-state index in [0.717, 1.165) is 19.6 Å². The molecule has 0 aromatic heterocycles. The monoisotopic (exact) mass is 160 g/mol. The molecule has 0 saturated heterocycles. The van der Waals surface area contributed by atoms with Gasteiger partial charge in [-0.2, -0.15) is 0 Å². The van der Waals surface area contributed by atoms with E-state index in [9.17, 15) is 0 Å². The van der Waals surface area contributed by atoms with E-state index in [-0.39, 0.29) is 0 Å². The van der Waals surface area contributed by atoms with Gasteiger partial charge < -0.3 is 10.6 Å². The van der Waals surface area contributed by atoms with Gasteiger partial charge in [0.2, 0.25) is 0 Å². The Hall–Kier alpha value is -0.0800. The maximum Gasteiger partial charge on any atom is -0.00368 e. The first kappa shape index (κ1) is 13.5. The molecular weight excluding hydrogens is 136 g/mol. The van der Waals surface area contributed by atoms with Crippen molar-refractivity contribution in [2.45, 2.75) is 33.6 Å². The molecule has 0 heterocycles. The highest BCUT2D eigenvalue weighted by Crippen LogP contribution is 1.73. The highest BCUT2D eigenvalue weighted by atomic mass is 14.9. The summed E-state index contributed by atoms with van der Waals surface area (Å²) in [6, 6.07) is 0. The molecule has 0 aromatic rings. The van der Waals surface area contributed by atoms with Gasteiger partial charge in [0.05, 0.1) is 0 Å². The molecule has 0 fully saturated rings. The van der Waals surface area contributed by atoms with E-state index in [2.05, 4.69) is 17.6 Å². The molecule has 0 radical (unpaired) electrons. The van der Waals surface area contributed by atoms with Gasteiger partial charge in [-0.05, 0) is 39.5 Å². The first-order valence-corrected chi connectivity index (χ1v) is 4.77. The molecule has 0 aliphatic carbocycles. The largest absolute Gasteiger partial charge is 0.320 e. The Bertz CT molecular complexity index is 40.8. The zero-order valence-corrected chi connectivity index (χ0v) is 8.54. The van der Waals surface area contributed by atoms with Crippen molar-refractivity contribution in [2.24, 2.45) is 0 Å². The van der Waals surface area contributed by atoms with Crippen LogP contribution in [-0.2, 0) is 0 Å². The summed E-state index contributed by atoms with van der Waals surface area (Å²) in [4.78, 5) is 0. The van der Waals surface area contributed by atoms with E-state index in [0.29, 0.717) is 0 Å². The predicted molar refractivity (Wildman–Crippen MR) is 53.1 cm³/mol. The molecule has 0 rings (SSSR count). The smallest absolute Gasteiger partial charge is 0.00368 e. The van der Waals surface area contributed by atoms with Gasteiger partial charge in [-0.1, -0.05) is 20.8 Å². The van der Waals surface area contributed by atoms with Crippen LogP contribution in [0.25, 0.3) is 0 Å². The molecule has 11 heavy (non-hydrogen) atoms. The van der Waals surface area contributed by atoms with E-state index in [4.69, 9.17) is 0 Å². The Kier molecular flexibility index (Phi) is 20.2. The zero-order valence-electron chi connectivity index (χ0n) is 8.54. The molecule has 0 spiro atoms. The maximum absolute atomic E-state index is 3.33. The predicted octanol–water partition coefficient (Wildman–Crippen LogP) is 1.62. The minimum atomic E-state index is 1.12. The van der Waals surface area contributed by atoms with Crippen molar-refractivity contribution in [3.63, 3.8) is 0 Å². The van der Waals surface area contributed by atoms with Crippen molar-refractivity contribution in [1.82, 2.24) is 10.6 Å². The number of hydrogen-bond acceptors (Lipinski definition) is 2. The summed E-state index contributed by atoms with van der Waals surface area (Å²) in [5.74, 6) is 0. The second-order valence-corrected chi connectivity index (χ2v) is 2.21. The van der Waals surface area contributed by atoms with Gasteiger partial charge in [0, 0.05) is 0 Å². The average molecular weight is 160 g/mol. The van der Waals surface area contributed by atoms with Crippen molar-refractivity contribution in [1.29, 1.82) is 0 Å². The molecule has 0 unspecified atom stereocenters. The lowest BCUT2D eigenvalue weighted by atomic mass is 10.4. The summed E-state index contributed by atoms with van der Waals surface area (Å²) < 4.78 is 0. The molecule has 0 aliphatic rings. The molecular formula is C9H24N2. The van der Waals surface area contributed by atoms with E-state index < -0.39 is 0 Å². The fourth-order valence-electron chi connectivity index (χ4n) is 0.692. The van der Waals surface area contributed by atoms with E-state index in [1.54, 1.807) is 0 Å². The van der Waals surface area contributed by atoms with Gasteiger partial charge >= 0.3 is 0 Å². The standard InChI is InChI=1S/C7H18N2.C2H6/c1-3-5-9-7-4-6-8-2;1-2/h8-9H,3-7H2,1-2H3;1-2H3. The van der Waals surface area contributed by atoms with Crippen molar-refractivity contribution in [3.05, 3.63) is 0 Å². The van der Waals surface area contributed by atoms with Crippen LogP contribution >= 0.6 is 0 Å². The molecule has 70 valence electrons. The van der Waals surface area contributed by atoms with E-state index in [1.165, 1.54) is 12.8 Å². The summed E-state index contributed by atoms with van der Waals surface area (Å²) in [5.41, 5.74) is 0. The molecule has 2 N–H and O–H groups in total. The van der Waals surface area contributed by atoms with Crippen LogP contribution in [-0.4, -0.2) is 26.7 Å². The van der Waals surface area contributed by atoms with Crippen LogP contribution in [0.15, 0.2) is 0 Å². The van der Waals surface area contributed by atoms with Crippen molar-refractivity contribution in [2.75, 3.05) is 26.7 Å². The Morgan fingerprint density at radius 2 is 1.64 bits per heavy atom. The summed E-state index contributed by atoms with van der Waals surface area (Å²) in [5, 5.41) is 6.43. The fraction of sp³-hybridized carbons (Fsp3) is 1.00. The maximum atomic E-state index is 3.33. The van der Waals surface area contributed by atoms with Crippen LogP contribution in [0.3, 0.4) is 0 Å². The van der Waals surface area contributed by atoms with Gasteiger partial charge in [0.15, 0.2) is 0 Å². The quantitative estimate of drug-likeness (QED) is 0.577. The lowest BCUT2D eigenvalue weighted by Crippen LogP contribution is -2.20. The van der Waals surface area contributed by atoms with Crippen LogP contribution in [0.4, 0.5) is 0 Å². The van der Waals surface area contributed by atoms with E-state index in [1.807, 2.05) is 20.9 Å². The lowest BCUT2D eigenvalue weighted by Gasteiger charge is -2.00. The van der Waals surface area contributed by atoms with Crippen molar-refractivity contribution < 1.29 is 0 Å². The Labute approximate surface area is 71.8 Å². The molecule has 2 nitrogen and oxygen atoms in total. The average Bonchev–Trinajstić information content (AvgIpc) is 2.08. The van der Waals surface area contributed by atoms with E-state index >= 15 is 0 Å². The van der Waals surface area contributed by atoms with Crippen LogP contribution < -0.4 is 10.6 Å².